The summed E-state index contributed by atoms with van der Waals surface area (Å²) in [6, 6.07) is 2.58. The van der Waals surface area contributed by atoms with Crippen molar-refractivity contribution in [2.24, 2.45) is 0 Å². The van der Waals surface area contributed by atoms with Crippen molar-refractivity contribution in [3.63, 3.8) is 0 Å². The summed E-state index contributed by atoms with van der Waals surface area (Å²) < 4.78 is 66.9. The molecule has 140 valence electrons. The molecule has 0 saturated carbocycles. The van der Waals surface area contributed by atoms with Crippen LogP contribution in [0.5, 0.6) is 11.6 Å². The fourth-order valence-corrected chi connectivity index (χ4v) is 2.16. The Balaban J connectivity index is 2.63. The Morgan fingerprint density at radius 3 is 2.46 bits per heavy atom. The lowest BCUT2D eigenvalue weighted by molar-refractivity contribution is -0.139. The van der Waals surface area contributed by atoms with Crippen LogP contribution >= 0.6 is 11.6 Å². The number of hydrogen-bond donors (Lipinski definition) is 1. The second-order valence-electron chi connectivity index (χ2n) is 4.78. The number of nitrogens with zero attached hydrogens (tertiary/aromatic N) is 1. The molecule has 0 atom stereocenters. The zero-order chi connectivity index (χ0) is 19.6. The maximum Gasteiger partial charge on any atom is 0.514 e. The van der Waals surface area contributed by atoms with Gasteiger partial charge < -0.3 is 19.9 Å². The van der Waals surface area contributed by atoms with Gasteiger partial charge >= 0.3 is 12.3 Å². The average molecular weight is 395 g/mol. The largest absolute Gasteiger partial charge is 0.514 e. The number of carbonyl (C=O) groups excluding carboxylic acids is 1. The number of anilines is 1. The molecule has 0 radical (unpaired) electrons. The van der Waals surface area contributed by atoms with E-state index < -0.39 is 35.3 Å². The molecule has 11 heteroatoms. The van der Waals surface area contributed by atoms with E-state index in [4.69, 9.17) is 22.1 Å². The first-order valence-electron chi connectivity index (χ1n) is 6.76. The highest BCUT2D eigenvalue weighted by atomic mass is 35.5. The van der Waals surface area contributed by atoms with E-state index in [9.17, 15) is 22.4 Å². The summed E-state index contributed by atoms with van der Waals surface area (Å²) in [7, 11) is 1.93. The highest BCUT2D eigenvalue weighted by molar-refractivity contribution is 6.34. The molecular formula is C15H11ClF4N2O4. The van der Waals surface area contributed by atoms with Gasteiger partial charge in [0.05, 0.1) is 25.6 Å². The minimum absolute atomic E-state index is 0.145. The summed E-state index contributed by atoms with van der Waals surface area (Å²) in [5.74, 6) is -2.83. The van der Waals surface area contributed by atoms with Crippen molar-refractivity contribution < 1.29 is 36.6 Å². The van der Waals surface area contributed by atoms with Crippen LogP contribution < -0.4 is 15.2 Å². The number of carbonyl (C=O) groups is 1. The molecule has 0 aliphatic heterocycles. The van der Waals surface area contributed by atoms with Crippen LogP contribution in [0.1, 0.15) is 5.56 Å². The van der Waals surface area contributed by atoms with Gasteiger partial charge in [-0.15, -0.1) is 0 Å². The monoisotopic (exact) mass is 394 g/mol. The highest BCUT2D eigenvalue weighted by Gasteiger charge is 2.36. The van der Waals surface area contributed by atoms with Crippen LogP contribution in [0.4, 0.5) is 28.0 Å². The fourth-order valence-electron chi connectivity index (χ4n) is 2.03. The third-order valence-corrected chi connectivity index (χ3v) is 3.56. The first kappa shape index (κ1) is 19.6. The lowest BCUT2D eigenvalue weighted by atomic mass is 10.1. The number of pyridine rings is 1. The number of rotatable bonds is 3. The first-order chi connectivity index (χ1) is 12.1. The Morgan fingerprint density at radius 1 is 1.27 bits per heavy atom. The summed E-state index contributed by atoms with van der Waals surface area (Å²) in [5.41, 5.74) is 3.62. The van der Waals surface area contributed by atoms with Crippen molar-refractivity contribution in [1.82, 2.24) is 4.98 Å². The van der Waals surface area contributed by atoms with E-state index in [0.29, 0.717) is 6.07 Å². The third-order valence-electron chi connectivity index (χ3n) is 3.18. The second-order valence-corrected chi connectivity index (χ2v) is 5.16. The van der Waals surface area contributed by atoms with E-state index >= 15 is 0 Å². The predicted molar refractivity (Wildman–Crippen MR) is 83.6 cm³/mol. The predicted octanol–water partition coefficient (Wildman–Crippen LogP) is 4.30. The molecule has 0 aliphatic carbocycles. The van der Waals surface area contributed by atoms with Gasteiger partial charge in [-0.1, -0.05) is 11.6 Å². The molecule has 0 aliphatic rings. The van der Waals surface area contributed by atoms with Gasteiger partial charge in [0.25, 0.3) is 0 Å². The number of alkyl halides is 3. The molecule has 1 aromatic carbocycles. The zero-order valence-corrected chi connectivity index (χ0v) is 14.0. The lowest BCUT2D eigenvalue weighted by Gasteiger charge is -2.15. The molecule has 0 unspecified atom stereocenters. The third kappa shape index (κ3) is 3.74. The molecule has 2 N–H and O–H groups in total. The number of nitrogen functional groups attached to an aromatic ring is 1. The van der Waals surface area contributed by atoms with Crippen molar-refractivity contribution >= 4 is 23.4 Å². The number of halogens is 5. The van der Waals surface area contributed by atoms with Gasteiger partial charge in [0.1, 0.15) is 10.6 Å². The Labute approximate surface area is 149 Å². The highest BCUT2D eigenvalue weighted by Crippen LogP contribution is 2.42. The van der Waals surface area contributed by atoms with E-state index in [1.54, 1.807) is 0 Å². The van der Waals surface area contributed by atoms with Crippen molar-refractivity contribution in [1.29, 1.82) is 0 Å². The van der Waals surface area contributed by atoms with Gasteiger partial charge in [0.15, 0.2) is 11.6 Å². The standard InChI is InChI=1S/C15H11ClF4N2O4/c1-24-12-7(15(18,19)20)4-3-6(11(12)17)9-5-8(21)10(16)13(22-9)26-14(23)25-2/h3-5H,1-2H3,(H2,21,22). The number of hydrogen-bond acceptors (Lipinski definition) is 6. The SMILES string of the molecule is COC(=O)Oc1nc(-c2ccc(C(F)(F)F)c(OC)c2F)cc(N)c1Cl. The molecule has 0 amide bonds. The number of ether oxygens (including phenoxy) is 3. The number of methoxy groups -OCH3 is 2. The van der Waals surface area contributed by atoms with Crippen LogP contribution in [0.15, 0.2) is 18.2 Å². The van der Waals surface area contributed by atoms with Crippen LogP contribution in [0.25, 0.3) is 11.3 Å². The Kier molecular flexibility index (Phi) is 5.45. The smallest absolute Gasteiger partial charge is 0.493 e. The summed E-state index contributed by atoms with van der Waals surface area (Å²) in [4.78, 5) is 15.0. The van der Waals surface area contributed by atoms with E-state index in [1.165, 1.54) is 0 Å². The van der Waals surface area contributed by atoms with Gasteiger partial charge in [0, 0.05) is 5.56 Å². The first-order valence-corrected chi connectivity index (χ1v) is 7.13. The van der Waals surface area contributed by atoms with E-state index in [1.807, 2.05) is 0 Å². The maximum absolute atomic E-state index is 14.6. The average Bonchev–Trinajstić information content (AvgIpc) is 2.57. The van der Waals surface area contributed by atoms with Crippen LogP contribution in [-0.2, 0) is 10.9 Å². The Bertz CT molecular complexity index is 859. The zero-order valence-electron chi connectivity index (χ0n) is 13.3. The second kappa shape index (κ2) is 7.24. The minimum Gasteiger partial charge on any atom is -0.493 e. The van der Waals surface area contributed by atoms with Gasteiger partial charge in [-0.2, -0.15) is 13.2 Å². The summed E-state index contributed by atoms with van der Waals surface area (Å²) in [5, 5.41) is -0.251. The topological polar surface area (TPSA) is 83.7 Å². The van der Waals surface area contributed by atoms with Gasteiger partial charge in [0.2, 0.25) is 5.88 Å². The molecule has 0 spiro atoms. The van der Waals surface area contributed by atoms with Crippen molar-refractivity contribution in [3.05, 3.63) is 34.6 Å². The quantitative estimate of drug-likeness (QED) is 0.617. The number of nitrogens with two attached hydrogens (primary N) is 1. The van der Waals surface area contributed by atoms with Gasteiger partial charge in [-0.05, 0) is 18.2 Å². The van der Waals surface area contributed by atoms with Crippen molar-refractivity contribution in [2.45, 2.75) is 6.18 Å². The van der Waals surface area contributed by atoms with Crippen LogP contribution in [-0.4, -0.2) is 25.4 Å². The normalized spacial score (nSPS) is 11.2. The Hall–Kier alpha value is -2.75. The maximum atomic E-state index is 14.6. The van der Waals surface area contributed by atoms with E-state index in [2.05, 4.69) is 14.5 Å². The Morgan fingerprint density at radius 2 is 1.92 bits per heavy atom. The van der Waals surface area contributed by atoms with Crippen LogP contribution in [0.3, 0.4) is 0 Å². The molecule has 0 saturated heterocycles. The lowest BCUT2D eigenvalue weighted by Crippen LogP contribution is -2.11. The summed E-state index contributed by atoms with van der Waals surface area (Å²) in [6.07, 6.45) is -5.99. The molecule has 0 fully saturated rings. The minimum atomic E-state index is -4.82. The van der Waals surface area contributed by atoms with Crippen molar-refractivity contribution in [3.8, 4) is 22.9 Å². The molecule has 0 bridgehead atoms. The molecule has 2 aromatic rings. The molecule has 6 nitrogen and oxygen atoms in total. The van der Waals surface area contributed by atoms with E-state index in [0.717, 1.165) is 26.4 Å². The molecular weight excluding hydrogens is 384 g/mol. The molecule has 2 rings (SSSR count). The number of benzene rings is 1. The van der Waals surface area contributed by atoms with Crippen LogP contribution in [0.2, 0.25) is 5.02 Å². The summed E-state index contributed by atoms with van der Waals surface area (Å²) >= 11 is 5.85. The fraction of sp³-hybridized carbons (Fsp3) is 0.200. The molecule has 1 aromatic heterocycles. The van der Waals surface area contributed by atoms with Gasteiger partial charge in [-0.25, -0.2) is 14.2 Å². The molecule has 26 heavy (non-hydrogen) atoms. The van der Waals surface area contributed by atoms with E-state index in [-0.39, 0.29) is 22.0 Å². The summed E-state index contributed by atoms with van der Waals surface area (Å²) in [6.45, 7) is 0. The number of aromatic nitrogens is 1. The van der Waals surface area contributed by atoms with Crippen LogP contribution in [0, 0.1) is 5.82 Å². The van der Waals surface area contributed by atoms with Crippen molar-refractivity contribution in [2.75, 3.05) is 20.0 Å². The molecule has 1 heterocycles. The van der Waals surface area contributed by atoms with Gasteiger partial charge in [-0.3, -0.25) is 0 Å².